The minimum Gasteiger partial charge on any atom is -0.491 e. The van der Waals surface area contributed by atoms with E-state index in [1.165, 1.54) is 0 Å². The van der Waals surface area contributed by atoms with Gasteiger partial charge in [0.05, 0.1) is 6.61 Å². The third-order valence-corrected chi connectivity index (χ3v) is 6.98. The Hall–Kier alpha value is -3.27. The Balaban J connectivity index is 1.33. The van der Waals surface area contributed by atoms with E-state index in [1.54, 1.807) is 24.3 Å². The molecule has 1 aliphatic rings. The molecule has 1 aliphatic carbocycles. The zero-order valence-electron chi connectivity index (χ0n) is 20.8. The number of unbranched alkanes of at least 4 members (excludes halogenated alkanes) is 1. The fourth-order valence-electron chi connectivity index (χ4n) is 4.74. The van der Waals surface area contributed by atoms with E-state index in [9.17, 15) is 13.2 Å². The van der Waals surface area contributed by atoms with Crippen LogP contribution in [0.25, 0.3) is 16.7 Å². The van der Waals surface area contributed by atoms with E-state index in [2.05, 4.69) is 12.7 Å². The fraction of sp³-hybridized carbons (Fsp3) is 0.312. The lowest BCUT2D eigenvalue weighted by Crippen LogP contribution is -2.08. The summed E-state index contributed by atoms with van der Waals surface area (Å²) in [5, 5.41) is 0. The average Bonchev–Trinajstić information content (AvgIpc) is 2.89. The summed E-state index contributed by atoms with van der Waals surface area (Å²) in [6, 6.07) is 16.0. The molecule has 0 radical (unpaired) electrons. The number of hydrogen-bond acceptors (Lipinski definition) is 1. The van der Waals surface area contributed by atoms with E-state index in [1.807, 2.05) is 43.3 Å². The summed E-state index contributed by atoms with van der Waals surface area (Å²) >= 11 is 0. The minimum absolute atomic E-state index is 0.278. The Kier molecular flexibility index (Phi) is 8.69. The molecule has 3 aromatic carbocycles. The SMILES string of the molecule is C=CCCCOc1ccc(C2=CCC(CCc3ccc(-c4ccc(C)cc4)c(F)c3F)CC2)cc1F. The predicted molar refractivity (Wildman–Crippen MR) is 141 cm³/mol. The first-order chi connectivity index (χ1) is 17.5. The summed E-state index contributed by atoms with van der Waals surface area (Å²) in [6.07, 6.45) is 9.55. The molecule has 1 atom stereocenters. The summed E-state index contributed by atoms with van der Waals surface area (Å²) in [5.74, 6) is -1.20. The molecule has 0 heterocycles. The zero-order valence-corrected chi connectivity index (χ0v) is 20.8. The van der Waals surface area contributed by atoms with Crippen molar-refractivity contribution in [2.75, 3.05) is 6.61 Å². The van der Waals surface area contributed by atoms with Crippen molar-refractivity contribution < 1.29 is 17.9 Å². The van der Waals surface area contributed by atoms with Crippen molar-refractivity contribution in [3.05, 3.63) is 107 Å². The van der Waals surface area contributed by atoms with E-state index >= 15 is 0 Å². The molecule has 0 fully saturated rings. The Morgan fingerprint density at radius 1 is 0.972 bits per heavy atom. The van der Waals surface area contributed by atoms with Crippen LogP contribution in [0.1, 0.15) is 55.2 Å². The lowest BCUT2D eigenvalue weighted by atomic mass is 9.83. The second-order valence-corrected chi connectivity index (χ2v) is 9.60. The highest BCUT2D eigenvalue weighted by molar-refractivity contribution is 5.67. The highest BCUT2D eigenvalue weighted by atomic mass is 19.2. The van der Waals surface area contributed by atoms with Crippen LogP contribution in [0, 0.1) is 30.3 Å². The molecule has 0 N–H and O–H groups in total. The van der Waals surface area contributed by atoms with Gasteiger partial charge in [-0.1, -0.05) is 60.2 Å². The number of hydrogen-bond donors (Lipinski definition) is 0. The molecule has 4 rings (SSSR count). The molecule has 4 heteroatoms. The molecular weight excluding hydrogens is 457 g/mol. The largest absolute Gasteiger partial charge is 0.491 e. The van der Waals surface area contributed by atoms with Gasteiger partial charge in [0.15, 0.2) is 23.2 Å². The lowest BCUT2D eigenvalue weighted by molar-refractivity contribution is 0.296. The van der Waals surface area contributed by atoms with Crippen molar-refractivity contribution in [1.29, 1.82) is 0 Å². The van der Waals surface area contributed by atoms with Gasteiger partial charge in [-0.05, 0) is 92.2 Å². The van der Waals surface area contributed by atoms with Gasteiger partial charge in [-0.3, -0.25) is 0 Å². The zero-order chi connectivity index (χ0) is 25.5. The van der Waals surface area contributed by atoms with Crippen molar-refractivity contribution in [2.45, 2.75) is 51.9 Å². The highest BCUT2D eigenvalue weighted by Crippen LogP contribution is 2.35. The van der Waals surface area contributed by atoms with E-state index in [0.29, 0.717) is 35.6 Å². The van der Waals surface area contributed by atoms with Gasteiger partial charge in [0.1, 0.15) is 0 Å². The van der Waals surface area contributed by atoms with Gasteiger partial charge >= 0.3 is 0 Å². The van der Waals surface area contributed by atoms with Crippen LogP contribution in [0.4, 0.5) is 13.2 Å². The van der Waals surface area contributed by atoms with Crippen LogP contribution in [-0.2, 0) is 6.42 Å². The van der Waals surface area contributed by atoms with Crippen molar-refractivity contribution in [1.82, 2.24) is 0 Å². The molecule has 1 nitrogen and oxygen atoms in total. The molecular formula is C32H33F3O. The molecule has 1 unspecified atom stereocenters. The van der Waals surface area contributed by atoms with Crippen LogP contribution < -0.4 is 4.74 Å². The topological polar surface area (TPSA) is 9.23 Å². The molecule has 0 aliphatic heterocycles. The number of allylic oxidation sites excluding steroid dienone is 3. The van der Waals surface area contributed by atoms with Gasteiger partial charge in [0.25, 0.3) is 0 Å². The van der Waals surface area contributed by atoms with E-state index in [0.717, 1.165) is 55.2 Å². The summed E-state index contributed by atoms with van der Waals surface area (Å²) in [6.45, 7) is 6.10. The standard InChI is InChI=1S/C32H33F3O/c1-3-4-5-20-36-30-19-17-27(21-29(30)33)24-13-8-23(9-14-24)10-15-26-16-18-28(32(35)31(26)34)25-11-6-22(2)7-12-25/h3,6-7,11-13,16-19,21,23H,1,4-5,8-10,14-15,20H2,2H3. The van der Waals surface area contributed by atoms with Crippen LogP contribution in [0.3, 0.4) is 0 Å². The van der Waals surface area contributed by atoms with Crippen molar-refractivity contribution in [3.8, 4) is 16.9 Å². The number of ether oxygens (including phenoxy) is 1. The second kappa shape index (κ2) is 12.1. The third kappa shape index (κ3) is 6.29. The fourth-order valence-corrected chi connectivity index (χ4v) is 4.74. The van der Waals surface area contributed by atoms with E-state index in [4.69, 9.17) is 4.74 Å². The second-order valence-electron chi connectivity index (χ2n) is 9.60. The molecule has 0 amide bonds. The number of halogens is 3. The van der Waals surface area contributed by atoms with E-state index < -0.39 is 11.6 Å². The summed E-state index contributed by atoms with van der Waals surface area (Å²) in [7, 11) is 0. The Bertz CT molecular complexity index is 1230. The first-order valence-electron chi connectivity index (χ1n) is 12.7. The first kappa shape index (κ1) is 25.8. The maximum atomic E-state index is 14.8. The molecule has 3 aromatic rings. The van der Waals surface area contributed by atoms with Crippen LogP contribution in [-0.4, -0.2) is 6.61 Å². The molecule has 0 saturated carbocycles. The van der Waals surface area contributed by atoms with Gasteiger partial charge in [-0.25, -0.2) is 13.2 Å². The van der Waals surface area contributed by atoms with Gasteiger partial charge in [-0.2, -0.15) is 0 Å². The minimum atomic E-state index is -0.780. The highest BCUT2D eigenvalue weighted by Gasteiger charge is 2.19. The maximum absolute atomic E-state index is 14.8. The van der Waals surface area contributed by atoms with Crippen LogP contribution >= 0.6 is 0 Å². The van der Waals surface area contributed by atoms with Gasteiger partial charge in [-0.15, -0.1) is 6.58 Å². The number of aryl methyl sites for hydroxylation is 2. The quantitative estimate of drug-likeness (QED) is 0.203. The normalized spacial score (nSPS) is 15.4. The summed E-state index contributed by atoms with van der Waals surface area (Å²) < 4.78 is 49.6. The van der Waals surface area contributed by atoms with Crippen molar-refractivity contribution in [2.24, 2.45) is 5.92 Å². The van der Waals surface area contributed by atoms with Crippen LogP contribution in [0.2, 0.25) is 0 Å². The summed E-state index contributed by atoms with van der Waals surface area (Å²) in [4.78, 5) is 0. The van der Waals surface area contributed by atoms with Crippen LogP contribution in [0.15, 0.2) is 73.3 Å². The molecule has 0 bridgehead atoms. The number of benzene rings is 3. The molecule has 0 spiro atoms. The summed E-state index contributed by atoms with van der Waals surface area (Å²) in [5.41, 5.74) is 4.47. The van der Waals surface area contributed by atoms with Crippen LogP contribution in [0.5, 0.6) is 5.75 Å². The maximum Gasteiger partial charge on any atom is 0.166 e. The van der Waals surface area contributed by atoms with Gasteiger partial charge in [0, 0.05) is 5.56 Å². The van der Waals surface area contributed by atoms with Gasteiger partial charge < -0.3 is 4.74 Å². The average molecular weight is 491 g/mol. The lowest BCUT2D eigenvalue weighted by Gasteiger charge is -2.22. The Morgan fingerprint density at radius 3 is 2.44 bits per heavy atom. The smallest absolute Gasteiger partial charge is 0.166 e. The Labute approximate surface area is 212 Å². The van der Waals surface area contributed by atoms with Crippen molar-refractivity contribution >= 4 is 5.57 Å². The number of rotatable bonds is 10. The molecule has 0 saturated heterocycles. The molecule has 36 heavy (non-hydrogen) atoms. The monoisotopic (exact) mass is 490 g/mol. The molecule has 0 aromatic heterocycles. The molecule has 188 valence electrons. The van der Waals surface area contributed by atoms with Gasteiger partial charge in [0.2, 0.25) is 0 Å². The third-order valence-electron chi connectivity index (χ3n) is 6.98. The first-order valence-corrected chi connectivity index (χ1v) is 12.7. The predicted octanol–water partition coefficient (Wildman–Crippen LogP) is 9.24. The van der Waals surface area contributed by atoms with Crippen molar-refractivity contribution in [3.63, 3.8) is 0 Å². The van der Waals surface area contributed by atoms with E-state index in [-0.39, 0.29) is 11.6 Å². The Morgan fingerprint density at radius 2 is 1.75 bits per heavy atom.